The maximum absolute atomic E-state index is 12.0. The van der Waals surface area contributed by atoms with Crippen molar-refractivity contribution in [3.63, 3.8) is 0 Å². The molecule has 148 valence electrons. The van der Waals surface area contributed by atoms with Crippen molar-refractivity contribution < 1.29 is 9.53 Å². The number of benzene rings is 1. The number of hydrogen-bond acceptors (Lipinski definition) is 3. The number of rotatable bonds is 5. The first-order valence-corrected chi connectivity index (χ1v) is 10.4. The highest BCUT2D eigenvalue weighted by atomic mass is 16.5. The minimum Gasteiger partial charge on any atom is -0.466 e. The van der Waals surface area contributed by atoms with Crippen molar-refractivity contribution in [1.82, 2.24) is 10.2 Å². The monoisotopic (exact) mass is 371 g/mol. The summed E-state index contributed by atoms with van der Waals surface area (Å²) in [5.41, 5.74) is 1.65. The molecule has 1 N–H and O–H groups in total. The van der Waals surface area contributed by atoms with Crippen molar-refractivity contribution in [3.05, 3.63) is 35.9 Å². The van der Waals surface area contributed by atoms with E-state index in [1.165, 1.54) is 31.2 Å². The Bertz CT molecular complexity index is 630. The van der Waals surface area contributed by atoms with Gasteiger partial charge in [0.2, 0.25) is 0 Å². The molecule has 2 aliphatic rings. The van der Waals surface area contributed by atoms with E-state index in [9.17, 15) is 4.79 Å². The summed E-state index contributed by atoms with van der Waals surface area (Å²) < 4.78 is 5.18. The molecule has 0 unspecified atom stereocenters. The lowest BCUT2D eigenvalue weighted by Crippen LogP contribution is -2.49. The van der Waals surface area contributed by atoms with Gasteiger partial charge in [0, 0.05) is 32.1 Å². The van der Waals surface area contributed by atoms with E-state index in [0.717, 1.165) is 38.4 Å². The standard InChI is InChI=1S/C22H33N3O2/c1-3-27-20(26)18-11-15-25(16-12-18)21(23-2)24-17-22(13-7-8-14-22)19-9-5-4-6-10-19/h4-6,9-10,18H,3,7-8,11-17H2,1-2H3,(H,23,24). The average Bonchev–Trinajstić information content (AvgIpc) is 3.20. The van der Waals surface area contributed by atoms with E-state index < -0.39 is 0 Å². The van der Waals surface area contributed by atoms with Crippen LogP contribution in [0.4, 0.5) is 0 Å². The molecule has 0 bridgehead atoms. The number of piperidine rings is 1. The predicted molar refractivity (Wildman–Crippen MR) is 109 cm³/mol. The zero-order valence-electron chi connectivity index (χ0n) is 16.7. The summed E-state index contributed by atoms with van der Waals surface area (Å²) in [7, 11) is 1.85. The van der Waals surface area contributed by atoms with Crippen LogP contribution in [-0.4, -0.2) is 50.1 Å². The molecule has 27 heavy (non-hydrogen) atoms. The highest BCUT2D eigenvalue weighted by molar-refractivity contribution is 5.80. The number of hydrogen-bond donors (Lipinski definition) is 1. The zero-order chi connectivity index (χ0) is 19.1. The van der Waals surface area contributed by atoms with Gasteiger partial charge in [-0.05, 0) is 38.2 Å². The molecular weight excluding hydrogens is 338 g/mol. The highest BCUT2D eigenvalue weighted by Gasteiger charge is 2.36. The molecule has 1 aromatic rings. The van der Waals surface area contributed by atoms with E-state index in [-0.39, 0.29) is 17.3 Å². The van der Waals surface area contributed by atoms with E-state index in [0.29, 0.717) is 6.61 Å². The second kappa shape index (κ2) is 9.25. The van der Waals surface area contributed by atoms with Crippen LogP contribution >= 0.6 is 0 Å². The van der Waals surface area contributed by atoms with Gasteiger partial charge in [0.1, 0.15) is 0 Å². The topological polar surface area (TPSA) is 53.9 Å². The SMILES string of the molecule is CCOC(=O)C1CCN(C(=NC)NCC2(c3ccccc3)CCCC2)CC1. The van der Waals surface area contributed by atoms with Gasteiger partial charge in [-0.3, -0.25) is 9.79 Å². The maximum atomic E-state index is 12.0. The molecule has 5 heteroatoms. The third-order valence-corrected chi connectivity index (χ3v) is 6.16. The average molecular weight is 372 g/mol. The van der Waals surface area contributed by atoms with Crippen LogP contribution in [0.5, 0.6) is 0 Å². The molecule has 3 rings (SSSR count). The molecule has 0 amide bonds. The summed E-state index contributed by atoms with van der Waals surface area (Å²) in [5, 5.41) is 3.65. The van der Waals surface area contributed by atoms with E-state index in [1.807, 2.05) is 14.0 Å². The molecule has 1 aromatic carbocycles. The Morgan fingerprint density at radius 3 is 2.48 bits per heavy atom. The Balaban J connectivity index is 1.59. The van der Waals surface area contributed by atoms with Crippen molar-refractivity contribution in [3.8, 4) is 0 Å². The number of guanidine groups is 1. The summed E-state index contributed by atoms with van der Waals surface area (Å²) in [6, 6.07) is 10.9. The van der Waals surface area contributed by atoms with Gasteiger partial charge in [0.15, 0.2) is 5.96 Å². The van der Waals surface area contributed by atoms with E-state index >= 15 is 0 Å². The minimum absolute atomic E-state index is 0.0322. The van der Waals surface area contributed by atoms with Crippen LogP contribution in [-0.2, 0) is 14.9 Å². The van der Waals surface area contributed by atoms with Crippen LogP contribution in [0.25, 0.3) is 0 Å². The number of ether oxygens (including phenoxy) is 1. The van der Waals surface area contributed by atoms with Crippen LogP contribution in [0.2, 0.25) is 0 Å². The molecule has 5 nitrogen and oxygen atoms in total. The van der Waals surface area contributed by atoms with Crippen molar-refractivity contribution in [2.75, 3.05) is 33.3 Å². The second-order valence-corrected chi connectivity index (χ2v) is 7.77. The molecule has 2 fully saturated rings. The van der Waals surface area contributed by atoms with Gasteiger partial charge >= 0.3 is 5.97 Å². The van der Waals surface area contributed by atoms with Gasteiger partial charge in [-0.15, -0.1) is 0 Å². The van der Waals surface area contributed by atoms with Crippen LogP contribution in [0.1, 0.15) is 51.0 Å². The van der Waals surface area contributed by atoms with Gasteiger partial charge in [-0.25, -0.2) is 0 Å². The molecule has 1 saturated heterocycles. The normalized spacial score (nSPS) is 20.5. The zero-order valence-corrected chi connectivity index (χ0v) is 16.7. The molecule has 0 atom stereocenters. The molecule has 0 spiro atoms. The fourth-order valence-corrected chi connectivity index (χ4v) is 4.58. The van der Waals surface area contributed by atoms with Gasteiger partial charge < -0.3 is 15.0 Å². The molecule has 1 saturated carbocycles. The minimum atomic E-state index is -0.0471. The Kier molecular flexibility index (Phi) is 6.75. The second-order valence-electron chi connectivity index (χ2n) is 7.77. The van der Waals surface area contributed by atoms with Gasteiger partial charge in [0.05, 0.1) is 12.5 Å². The summed E-state index contributed by atoms with van der Waals surface area (Å²) in [6.07, 6.45) is 6.71. The van der Waals surface area contributed by atoms with E-state index in [1.54, 1.807) is 0 Å². The van der Waals surface area contributed by atoms with Crippen LogP contribution in [0, 0.1) is 5.92 Å². The highest BCUT2D eigenvalue weighted by Crippen LogP contribution is 2.40. The third kappa shape index (κ3) is 4.63. The van der Waals surface area contributed by atoms with Crippen molar-refractivity contribution in [2.24, 2.45) is 10.9 Å². The number of carbonyl (C=O) groups is 1. The maximum Gasteiger partial charge on any atom is 0.309 e. The fourth-order valence-electron chi connectivity index (χ4n) is 4.58. The fraction of sp³-hybridized carbons (Fsp3) is 0.636. The number of nitrogens with one attached hydrogen (secondary N) is 1. The van der Waals surface area contributed by atoms with Crippen molar-refractivity contribution >= 4 is 11.9 Å². The van der Waals surface area contributed by atoms with E-state index in [4.69, 9.17) is 4.74 Å². The lowest BCUT2D eigenvalue weighted by atomic mass is 9.79. The molecule has 0 aromatic heterocycles. The Labute approximate surface area is 163 Å². The molecular formula is C22H33N3O2. The summed E-state index contributed by atoms with van der Waals surface area (Å²) in [5.74, 6) is 0.943. The van der Waals surface area contributed by atoms with Crippen molar-refractivity contribution in [2.45, 2.75) is 50.9 Å². The number of nitrogens with zero attached hydrogens (tertiary/aromatic N) is 2. The summed E-state index contributed by atoms with van der Waals surface area (Å²) in [4.78, 5) is 18.8. The first kappa shape index (κ1) is 19.7. The largest absolute Gasteiger partial charge is 0.466 e. The number of likely N-dealkylation sites (tertiary alicyclic amines) is 1. The first-order valence-electron chi connectivity index (χ1n) is 10.4. The first-order chi connectivity index (χ1) is 13.2. The van der Waals surface area contributed by atoms with Gasteiger partial charge in [-0.2, -0.15) is 0 Å². The molecule has 1 aliphatic heterocycles. The smallest absolute Gasteiger partial charge is 0.309 e. The number of carbonyl (C=O) groups excluding carboxylic acids is 1. The molecule has 1 heterocycles. The predicted octanol–water partition coefficient (Wildman–Crippen LogP) is 3.35. The lowest BCUT2D eigenvalue weighted by molar-refractivity contribution is -0.149. The lowest BCUT2D eigenvalue weighted by Gasteiger charge is -2.36. The number of aliphatic imine (C=N–C) groups is 1. The Morgan fingerprint density at radius 1 is 1.22 bits per heavy atom. The van der Waals surface area contributed by atoms with Crippen LogP contribution in [0.15, 0.2) is 35.3 Å². The summed E-state index contributed by atoms with van der Waals surface area (Å²) in [6.45, 7) is 4.94. The van der Waals surface area contributed by atoms with Gasteiger partial charge in [-0.1, -0.05) is 43.2 Å². The van der Waals surface area contributed by atoms with Gasteiger partial charge in [0.25, 0.3) is 0 Å². The third-order valence-electron chi connectivity index (χ3n) is 6.16. The molecule has 0 radical (unpaired) electrons. The molecule has 1 aliphatic carbocycles. The van der Waals surface area contributed by atoms with Crippen LogP contribution < -0.4 is 5.32 Å². The quantitative estimate of drug-likeness (QED) is 0.490. The van der Waals surface area contributed by atoms with Crippen molar-refractivity contribution in [1.29, 1.82) is 0 Å². The Morgan fingerprint density at radius 2 is 1.89 bits per heavy atom. The summed E-state index contributed by atoms with van der Waals surface area (Å²) >= 11 is 0. The van der Waals surface area contributed by atoms with Crippen LogP contribution in [0.3, 0.4) is 0 Å². The van der Waals surface area contributed by atoms with E-state index in [2.05, 4.69) is 45.5 Å². The number of esters is 1. The Hall–Kier alpha value is -2.04.